The quantitative estimate of drug-likeness (QED) is 0.325. The summed E-state index contributed by atoms with van der Waals surface area (Å²) in [4.78, 5) is 18.0. The fourth-order valence-corrected chi connectivity index (χ4v) is 4.53. The molecule has 2 heterocycles. The van der Waals surface area contributed by atoms with Gasteiger partial charge in [-0.25, -0.2) is 14.4 Å². The van der Waals surface area contributed by atoms with Crippen molar-refractivity contribution < 1.29 is 13.9 Å². The second-order valence-corrected chi connectivity index (χ2v) is 8.52. The van der Waals surface area contributed by atoms with E-state index >= 15 is 0 Å². The molecule has 1 aliphatic heterocycles. The van der Waals surface area contributed by atoms with E-state index in [0.717, 1.165) is 22.2 Å². The molecule has 4 aromatic rings. The van der Waals surface area contributed by atoms with Crippen LogP contribution in [0.15, 0.2) is 77.9 Å². The van der Waals surface area contributed by atoms with Crippen LogP contribution in [0.1, 0.15) is 39.5 Å². The fourth-order valence-electron chi connectivity index (χ4n) is 4.26. The van der Waals surface area contributed by atoms with Gasteiger partial charge in [0.15, 0.2) is 0 Å². The van der Waals surface area contributed by atoms with Crippen LogP contribution < -0.4 is 4.74 Å². The molecule has 0 bridgehead atoms. The van der Waals surface area contributed by atoms with Crippen molar-refractivity contribution in [1.29, 1.82) is 0 Å². The van der Waals surface area contributed by atoms with E-state index in [1.54, 1.807) is 19.2 Å². The summed E-state index contributed by atoms with van der Waals surface area (Å²) in [6.45, 7) is 2.00. The Labute approximate surface area is 201 Å². The number of aromatic nitrogens is 1. The molecular weight excluding hydrogens is 453 g/mol. The highest BCUT2D eigenvalue weighted by atomic mass is 35.5. The first-order chi connectivity index (χ1) is 16.5. The second kappa shape index (κ2) is 8.88. The number of amides is 1. The number of benzene rings is 3. The third-order valence-electron chi connectivity index (χ3n) is 5.94. The average molecular weight is 474 g/mol. The maximum atomic E-state index is 14.5. The van der Waals surface area contributed by atoms with E-state index < -0.39 is 17.8 Å². The molecule has 5 nitrogen and oxygen atoms in total. The molecule has 1 amide bonds. The summed E-state index contributed by atoms with van der Waals surface area (Å²) in [5, 5.41) is 7.04. The minimum atomic E-state index is -0.599. The molecule has 0 spiro atoms. The summed E-state index contributed by atoms with van der Waals surface area (Å²) in [7, 11) is 1.58. The van der Waals surface area contributed by atoms with Gasteiger partial charge < -0.3 is 4.74 Å². The van der Waals surface area contributed by atoms with Crippen molar-refractivity contribution in [2.24, 2.45) is 5.10 Å². The fraction of sp³-hybridized carbons (Fsp3) is 0.148. The number of halogens is 2. The topological polar surface area (TPSA) is 54.8 Å². The Morgan fingerprint density at radius 3 is 2.65 bits per heavy atom. The van der Waals surface area contributed by atoms with Crippen molar-refractivity contribution in [1.82, 2.24) is 9.99 Å². The smallest absolute Gasteiger partial charge is 0.277 e. The van der Waals surface area contributed by atoms with Crippen LogP contribution in [0.2, 0.25) is 5.15 Å². The molecule has 5 rings (SSSR count). The summed E-state index contributed by atoms with van der Waals surface area (Å²) in [5.41, 5.74) is 3.92. The standard InChI is InChI=1S/C27H21ClFN3O2/c1-16-7-5-8-17(13-16)22-15-23(32(31-22)27(33)19-10-3-4-11-21(19)29)20-14-18-9-6-12-24(34-2)25(18)30-26(20)28/h3-14,23H,15H2,1-2H3. The van der Waals surface area contributed by atoms with Crippen LogP contribution in [0.5, 0.6) is 5.75 Å². The molecule has 0 fully saturated rings. The number of methoxy groups -OCH3 is 1. The van der Waals surface area contributed by atoms with Gasteiger partial charge >= 0.3 is 0 Å². The molecule has 0 N–H and O–H groups in total. The summed E-state index contributed by atoms with van der Waals surface area (Å²) >= 11 is 6.65. The van der Waals surface area contributed by atoms with Gasteiger partial charge in [-0.05, 0) is 36.8 Å². The van der Waals surface area contributed by atoms with Crippen LogP contribution in [-0.2, 0) is 0 Å². The van der Waals surface area contributed by atoms with Gasteiger partial charge in [-0.1, -0.05) is 65.7 Å². The molecule has 0 aliphatic carbocycles. The van der Waals surface area contributed by atoms with E-state index in [1.807, 2.05) is 55.5 Å². The molecule has 1 unspecified atom stereocenters. The van der Waals surface area contributed by atoms with Crippen molar-refractivity contribution in [3.05, 3.63) is 106 Å². The summed E-state index contributed by atoms with van der Waals surface area (Å²) in [6, 6.07) is 20.7. The maximum absolute atomic E-state index is 14.5. The number of para-hydroxylation sites is 1. The first-order valence-corrected chi connectivity index (χ1v) is 11.2. The minimum Gasteiger partial charge on any atom is -0.494 e. The maximum Gasteiger partial charge on any atom is 0.277 e. The molecular formula is C27H21ClFN3O2. The summed E-state index contributed by atoms with van der Waals surface area (Å²) in [5.74, 6) is -0.529. The third kappa shape index (κ3) is 3.90. The van der Waals surface area contributed by atoms with E-state index in [1.165, 1.54) is 17.1 Å². The average Bonchev–Trinajstić information content (AvgIpc) is 3.28. The van der Waals surface area contributed by atoms with Crippen molar-refractivity contribution in [3.8, 4) is 5.75 Å². The van der Waals surface area contributed by atoms with Crippen LogP contribution in [0.4, 0.5) is 4.39 Å². The number of carbonyl (C=O) groups is 1. The number of hydrazone groups is 1. The van der Waals surface area contributed by atoms with Gasteiger partial charge in [0.2, 0.25) is 0 Å². The van der Waals surface area contributed by atoms with Crippen molar-refractivity contribution in [2.75, 3.05) is 7.11 Å². The molecule has 0 saturated carbocycles. The van der Waals surface area contributed by atoms with Gasteiger partial charge in [-0.15, -0.1) is 0 Å². The molecule has 1 aromatic heterocycles. The normalized spacial score (nSPS) is 15.5. The van der Waals surface area contributed by atoms with Crippen molar-refractivity contribution in [3.63, 3.8) is 0 Å². The number of nitrogens with zero attached hydrogens (tertiary/aromatic N) is 3. The Bertz CT molecular complexity index is 1450. The lowest BCUT2D eigenvalue weighted by molar-refractivity contribution is 0.0706. The zero-order valence-corrected chi connectivity index (χ0v) is 19.4. The monoisotopic (exact) mass is 473 g/mol. The van der Waals surface area contributed by atoms with E-state index in [0.29, 0.717) is 23.3 Å². The largest absolute Gasteiger partial charge is 0.494 e. The SMILES string of the molecule is COc1cccc2cc(C3CC(c4cccc(C)c4)=NN3C(=O)c3ccccc3F)c(Cl)nc12. The van der Waals surface area contributed by atoms with Crippen LogP contribution in [0, 0.1) is 12.7 Å². The van der Waals surface area contributed by atoms with Crippen molar-refractivity contribution >= 4 is 34.1 Å². The van der Waals surface area contributed by atoms with Crippen LogP contribution in [0.25, 0.3) is 10.9 Å². The van der Waals surface area contributed by atoms with Gasteiger partial charge in [0, 0.05) is 17.4 Å². The Kier molecular flexibility index (Phi) is 5.75. The number of rotatable bonds is 4. The number of aryl methyl sites for hydroxylation is 1. The third-order valence-corrected chi connectivity index (χ3v) is 6.25. The Morgan fingerprint density at radius 2 is 1.88 bits per heavy atom. The second-order valence-electron chi connectivity index (χ2n) is 8.17. The number of hydrogen-bond acceptors (Lipinski definition) is 4. The van der Waals surface area contributed by atoms with E-state index in [4.69, 9.17) is 16.3 Å². The number of fused-ring (bicyclic) bond motifs is 1. The lowest BCUT2D eigenvalue weighted by Crippen LogP contribution is -2.28. The molecule has 170 valence electrons. The lowest BCUT2D eigenvalue weighted by Gasteiger charge is -2.23. The molecule has 0 radical (unpaired) electrons. The minimum absolute atomic E-state index is 0.0479. The van der Waals surface area contributed by atoms with Gasteiger partial charge in [-0.3, -0.25) is 4.79 Å². The van der Waals surface area contributed by atoms with Crippen LogP contribution in [-0.4, -0.2) is 28.7 Å². The van der Waals surface area contributed by atoms with E-state index in [9.17, 15) is 9.18 Å². The molecule has 7 heteroatoms. The number of ether oxygens (including phenoxy) is 1. The predicted molar refractivity (Wildman–Crippen MR) is 131 cm³/mol. The molecule has 1 aliphatic rings. The van der Waals surface area contributed by atoms with Gasteiger partial charge in [0.1, 0.15) is 22.2 Å². The number of carbonyl (C=O) groups excluding carboxylic acids is 1. The van der Waals surface area contributed by atoms with E-state index in [-0.39, 0.29) is 10.7 Å². The Balaban J connectivity index is 1.63. The van der Waals surface area contributed by atoms with Crippen LogP contribution in [0.3, 0.4) is 0 Å². The number of pyridine rings is 1. The van der Waals surface area contributed by atoms with Gasteiger partial charge in [0.25, 0.3) is 5.91 Å². The van der Waals surface area contributed by atoms with Crippen molar-refractivity contribution in [2.45, 2.75) is 19.4 Å². The Hall–Kier alpha value is -3.77. The highest BCUT2D eigenvalue weighted by molar-refractivity contribution is 6.30. The van der Waals surface area contributed by atoms with Crippen LogP contribution >= 0.6 is 11.6 Å². The van der Waals surface area contributed by atoms with Gasteiger partial charge in [-0.2, -0.15) is 5.10 Å². The summed E-state index contributed by atoms with van der Waals surface area (Å²) in [6.07, 6.45) is 0.417. The zero-order valence-electron chi connectivity index (χ0n) is 18.6. The highest BCUT2D eigenvalue weighted by Crippen LogP contribution is 2.39. The Morgan fingerprint density at radius 1 is 1.09 bits per heavy atom. The van der Waals surface area contributed by atoms with E-state index in [2.05, 4.69) is 10.1 Å². The molecule has 1 atom stereocenters. The zero-order chi connectivity index (χ0) is 23.8. The lowest BCUT2D eigenvalue weighted by atomic mass is 9.97. The molecule has 0 saturated heterocycles. The first-order valence-electron chi connectivity index (χ1n) is 10.8. The number of hydrogen-bond donors (Lipinski definition) is 0. The molecule has 34 heavy (non-hydrogen) atoms. The summed E-state index contributed by atoms with van der Waals surface area (Å²) < 4.78 is 19.9. The predicted octanol–water partition coefficient (Wildman–Crippen LogP) is 6.34. The molecule has 3 aromatic carbocycles. The first kappa shape index (κ1) is 22.0. The van der Waals surface area contributed by atoms with Gasteiger partial charge in [0.05, 0.1) is 24.4 Å². The highest BCUT2D eigenvalue weighted by Gasteiger charge is 2.36.